The van der Waals surface area contributed by atoms with Crippen molar-refractivity contribution in [1.82, 2.24) is 14.8 Å². The number of hydrogen-bond acceptors (Lipinski definition) is 6. The average molecular weight is 374 g/mol. The third-order valence-corrected chi connectivity index (χ3v) is 4.17. The summed E-state index contributed by atoms with van der Waals surface area (Å²) in [4.78, 5) is 17.4. The second-order valence-corrected chi connectivity index (χ2v) is 6.02. The molecule has 0 amide bonds. The number of ether oxygens (including phenoxy) is 1. The Labute approximate surface area is 161 Å². The van der Waals surface area contributed by atoms with E-state index in [9.17, 15) is 4.79 Å². The van der Waals surface area contributed by atoms with Gasteiger partial charge in [-0.1, -0.05) is 30.3 Å². The molecule has 4 aromatic rings. The summed E-state index contributed by atoms with van der Waals surface area (Å²) in [6.07, 6.45) is 1.54. The van der Waals surface area contributed by atoms with Crippen LogP contribution in [0.15, 0.2) is 77.4 Å². The SMILES string of the molecule is COc1ccc(CNc2nc(-c3ccco3)nn2C(=O)c2ccccc2)cc1. The Balaban J connectivity index is 1.63. The average Bonchev–Trinajstić information content (AvgIpc) is 3.42. The molecule has 0 radical (unpaired) electrons. The van der Waals surface area contributed by atoms with E-state index < -0.39 is 0 Å². The number of nitrogens with one attached hydrogen (secondary N) is 1. The van der Waals surface area contributed by atoms with Gasteiger partial charge in [0.25, 0.3) is 5.91 Å². The number of aromatic nitrogens is 3. The largest absolute Gasteiger partial charge is 0.497 e. The van der Waals surface area contributed by atoms with Gasteiger partial charge >= 0.3 is 0 Å². The lowest BCUT2D eigenvalue weighted by Gasteiger charge is -2.08. The highest BCUT2D eigenvalue weighted by Gasteiger charge is 2.19. The normalized spacial score (nSPS) is 10.6. The number of anilines is 1. The molecular formula is C21H18N4O3. The molecule has 28 heavy (non-hydrogen) atoms. The summed E-state index contributed by atoms with van der Waals surface area (Å²) in [7, 11) is 1.63. The third-order valence-electron chi connectivity index (χ3n) is 4.17. The Morgan fingerprint density at radius 1 is 1.07 bits per heavy atom. The summed E-state index contributed by atoms with van der Waals surface area (Å²) in [5.41, 5.74) is 1.54. The lowest BCUT2D eigenvalue weighted by molar-refractivity contribution is 0.0947. The standard InChI is InChI=1S/C21H18N4O3/c1-27-17-11-9-15(10-12-17)14-22-21-23-19(18-8-5-13-28-18)24-25(21)20(26)16-6-3-2-4-7-16/h2-13H,14H2,1H3,(H,22,23,24). The van der Waals surface area contributed by atoms with Crippen molar-refractivity contribution in [1.29, 1.82) is 0 Å². The predicted molar refractivity (Wildman–Crippen MR) is 104 cm³/mol. The molecule has 2 aromatic heterocycles. The summed E-state index contributed by atoms with van der Waals surface area (Å²) in [6.45, 7) is 0.475. The molecule has 0 aliphatic rings. The van der Waals surface area contributed by atoms with E-state index in [0.717, 1.165) is 11.3 Å². The quantitative estimate of drug-likeness (QED) is 0.552. The molecule has 0 spiro atoms. The van der Waals surface area contributed by atoms with Crippen molar-refractivity contribution in [3.8, 4) is 17.3 Å². The number of carbonyl (C=O) groups is 1. The lowest BCUT2D eigenvalue weighted by Crippen LogP contribution is -2.17. The van der Waals surface area contributed by atoms with Crippen LogP contribution in [0.2, 0.25) is 0 Å². The van der Waals surface area contributed by atoms with Gasteiger partial charge in [0.2, 0.25) is 11.8 Å². The van der Waals surface area contributed by atoms with Gasteiger partial charge in [-0.3, -0.25) is 4.79 Å². The van der Waals surface area contributed by atoms with E-state index in [-0.39, 0.29) is 5.91 Å². The Morgan fingerprint density at radius 3 is 2.54 bits per heavy atom. The van der Waals surface area contributed by atoms with E-state index in [0.29, 0.717) is 29.6 Å². The molecule has 0 saturated heterocycles. The molecule has 1 N–H and O–H groups in total. The van der Waals surface area contributed by atoms with Crippen molar-refractivity contribution in [2.75, 3.05) is 12.4 Å². The zero-order valence-corrected chi connectivity index (χ0v) is 15.2. The van der Waals surface area contributed by atoms with Crippen molar-refractivity contribution < 1.29 is 13.9 Å². The second kappa shape index (κ2) is 7.79. The van der Waals surface area contributed by atoms with Crippen LogP contribution in [0.5, 0.6) is 5.75 Å². The first-order valence-electron chi connectivity index (χ1n) is 8.72. The summed E-state index contributed by atoms with van der Waals surface area (Å²) in [5.74, 6) is 1.68. The van der Waals surface area contributed by atoms with Crippen LogP contribution in [0, 0.1) is 0 Å². The first kappa shape index (κ1) is 17.5. The van der Waals surface area contributed by atoms with Gasteiger partial charge in [0.15, 0.2) is 5.76 Å². The number of rotatable bonds is 6. The molecule has 0 aliphatic carbocycles. The molecule has 2 heterocycles. The molecule has 4 rings (SSSR count). The van der Waals surface area contributed by atoms with E-state index in [1.807, 2.05) is 42.5 Å². The smallest absolute Gasteiger partial charge is 0.281 e. The molecule has 140 valence electrons. The Morgan fingerprint density at radius 2 is 1.86 bits per heavy atom. The predicted octanol–water partition coefficient (Wildman–Crippen LogP) is 3.85. The van der Waals surface area contributed by atoms with Crippen molar-refractivity contribution in [2.45, 2.75) is 6.54 Å². The van der Waals surface area contributed by atoms with Crippen LogP contribution in [-0.2, 0) is 6.54 Å². The van der Waals surface area contributed by atoms with Crippen LogP contribution in [0.1, 0.15) is 15.9 Å². The fraction of sp³-hybridized carbons (Fsp3) is 0.0952. The first-order chi connectivity index (χ1) is 13.7. The topological polar surface area (TPSA) is 82.2 Å². The minimum absolute atomic E-state index is 0.275. The maximum absolute atomic E-state index is 12.9. The van der Waals surface area contributed by atoms with E-state index in [2.05, 4.69) is 15.4 Å². The number of furan rings is 1. The van der Waals surface area contributed by atoms with Gasteiger partial charge in [0.1, 0.15) is 5.75 Å². The highest BCUT2D eigenvalue weighted by Crippen LogP contribution is 2.20. The Kier molecular flexibility index (Phi) is 4.88. The summed E-state index contributed by atoms with van der Waals surface area (Å²) < 4.78 is 11.8. The van der Waals surface area contributed by atoms with Gasteiger partial charge < -0.3 is 14.5 Å². The molecule has 0 bridgehead atoms. The molecule has 0 atom stereocenters. The number of benzene rings is 2. The van der Waals surface area contributed by atoms with Crippen LogP contribution in [0.3, 0.4) is 0 Å². The maximum atomic E-state index is 12.9. The van der Waals surface area contributed by atoms with E-state index in [1.165, 1.54) is 4.68 Å². The zero-order chi connectivity index (χ0) is 19.3. The van der Waals surface area contributed by atoms with Crippen molar-refractivity contribution in [3.05, 3.63) is 84.1 Å². The maximum Gasteiger partial charge on any atom is 0.281 e. The van der Waals surface area contributed by atoms with E-state index in [4.69, 9.17) is 9.15 Å². The van der Waals surface area contributed by atoms with Crippen molar-refractivity contribution in [2.24, 2.45) is 0 Å². The molecule has 0 saturated carbocycles. The van der Waals surface area contributed by atoms with Crippen LogP contribution >= 0.6 is 0 Å². The monoisotopic (exact) mass is 374 g/mol. The first-order valence-corrected chi connectivity index (χ1v) is 8.72. The van der Waals surface area contributed by atoms with E-state index in [1.54, 1.807) is 37.6 Å². The summed E-state index contributed by atoms with van der Waals surface area (Å²) >= 11 is 0. The minimum Gasteiger partial charge on any atom is -0.497 e. The van der Waals surface area contributed by atoms with Crippen LogP contribution in [0.4, 0.5) is 5.95 Å². The van der Waals surface area contributed by atoms with Crippen LogP contribution < -0.4 is 10.1 Å². The fourth-order valence-electron chi connectivity index (χ4n) is 2.71. The molecule has 0 unspecified atom stereocenters. The zero-order valence-electron chi connectivity index (χ0n) is 15.2. The minimum atomic E-state index is -0.275. The number of nitrogens with zero attached hydrogens (tertiary/aromatic N) is 3. The van der Waals surface area contributed by atoms with Gasteiger partial charge in [0, 0.05) is 12.1 Å². The summed E-state index contributed by atoms with van der Waals surface area (Å²) in [5, 5.41) is 7.53. The van der Waals surface area contributed by atoms with Crippen molar-refractivity contribution >= 4 is 11.9 Å². The van der Waals surface area contributed by atoms with Gasteiger partial charge in [-0.05, 0) is 42.0 Å². The molecular weight excluding hydrogens is 356 g/mol. The third kappa shape index (κ3) is 3.64. The molecule has 0 aliphatic heterocycles. The molecule has 7 nitrogen and oxygen atoms in total. The number of methoxy groups -OCH3 is 1. The molecule has 7 heteroatoms. The Hall–Kier alpha value is -3.87. The van der Waals surface area contributed by atoms with Crippen LogP contribution in [-0.4, -0.2) is 27.8 Å². The van der Waals surface area contributed by atoms with Crippen LogP contribution in [0.25, 0.3) is 11.6 Å². The van der Waals surface area contributed by atoms with Gasteiger partial charge in [-0.25, -0.2) is 0 Å². The van der Waals surface area contributed by atoms with Gasteiger partial charge in [0.05, 0.1) is 13.4 Å². The Bertz CT molecular complexity index is 1060. The van der Waals surface area contributed by atoms with Gasteiger partial charge in [-0.15, -0.1) is 5.10 Å². The fourth-order valence-corrected chi connectivity index (χ4v) is 2.71. The van der Waals surface area contributed by atoms with E-state index >= 15 is 0 Å². The number of carbonyl (C=O) groups excluding carboxylic acids is 1. The second-order valence-electron chi connectivity index (χ2n) is 6.02. The lowest BCUT2D eigenvalue weighted by atomic mass is 10.2. The summed E-state index contributed by atoms with van der Waals surface area (Å²) in [6, 6.07) is 20.1. The van der Waals surface area contributed by atoms with Gasteiger partial charge in [-0.2, -0.15) is 9.67 Å². The molecule has 0 fully saturated rings. The number of hydrogen-bond donors (Lipinski definition) is 1. The molecule has 2 aromatic carbocycles. The highest BCUT2D eigenvalue weighted by atomic mass is 16.5. The highest BCUT2D eigenvalue weighted by molar-refractivity contribution is 5.97. The van der Waals surface area contributed by atoms with Crippen molar-refractivity contribution in [3.63, 3.8) is 0 Å².